The Morgan fingerprint density at radius 3 is 2.17 bits per heavy atom. The van der Waals surface area contributed by atoms with E-state index >= 15 is 0 Å². The molecule has 0 heterocycles. The van der Waals surface area contributed by atoms with Crippen molar-refractivity contribution >= 4 is 11.6 Å². The maximum Gasteiger partial charge on any atom is 0.230 e. The van der Waals surface area contributed by atoms with Gasteiger partial charge in [-0.3, -0.25) is 4.79 Å². The van der Waals surface area contributed by atoms with Gasteiger partial charge < -0.3 is 14.8 Å². The smallest absolute Gasteiger partial charge is 0.230 e. The van der Waals surface area contributed by atoms with Crippen LogP contribution in [0.4, 0.5) is 5.69 Å². The SMILES string of the molecule is COc1ccc(NC(=O)C2(C(C)C)CCCCCC2)cc1OC. The highest BCUT2D eigenvalue weighted by Crippen LogP contribution is 2.42. The van der Waals surface area contributed by atoms with Gasteiger partial charge >= 0.3 is 0 Å². The van der Waals surface area contributed by atoms with Crippen molar-refractivity contribution in [3.05, 3.63) is 18.2 Å². The van der Waals surface area contributed by atoms with Gasteiger partial charge in [-0.1, -0.05) is 39.5 Å². The molecule has 1 aromatic carbocycles. The average molecular weight is 319 g/mol. The van der Waals surface area contributed by atoms with E-state index in [4.69, 9.17) is 9.47 Å². The van der Waals surface area contributed by atoms with Crippen LogP contribution < -0.4 is 14.8 Å². The van der Waals surface area contributed by atoms with Gasteiger partial charge in [0.25, 0.3) is 0 Å². The summed E-state index contributed by atoms with van der Waals surface area (Å²) in [4.78, 5) is 13.1. The highest BCUT2D eigenvalue weighted by molar-refractivity contribution is 5.95. The molecular weight excluding hydrogens is 290 g/mol. The fourth-order valence-electron chi connectivity index (χ4n) is 3.60. The van der Waals surface area contributed by atoms with Crippen molar-refractivity contribution < 1.29 is 14.3 Å². The number of nitrogens with one attached hydrogen (secondary N) is 1. The van der Waals surface area contributed by atoms with E-state index < -0.39 is 0 Å². The fraction of sp³-hybridized carbons (Fsp3) is 0.632. The van der Waals surface area contributed by atoms with E-state index in [1.165, 1.54) is 12.8 Å². The summed E-state index contributed by atoms with van der Waals surface area (Å²) in [5, 5.41) is 3.11. The number of carbonyl (C=O) groups is 1. The molecule has 1 amide bonds. The van der Waals surface area contributed by atoms with Crippen molar-refractivity contribution in [3.8, 4) is 11.5 Å². The normalized spacial score (nSPS) is 17.4. The van der Waals surface area contributed by atoms with Crippen molar-refractivity contribution in [3.63, 3.8) is 0 Å². The molecule has 1 saturated carbocycles. The summed E-state index contributed by atoms with van der Waals surface area (Å²) in [7, 11) is 3.21. The minimum Gasteiger partial charge on any atom is -0.493 e. The van der Waals surface area contributed by atoms with Gasteiger partial charge in [-0.2, -0.15) is 0 Å². The van der Waals surface area contributed by atoms with Gasteiger partial charge in [0.1, 0.15) is 0 Å². The Morgan fingerprint density at radius 2 is 1.65 bits per heavy atom. The predicted octanol–water partition coefficient (Wildman–Crippen LogP) is 4.64. The molecule has 0 bridgehead atoms. The molecule has 0 unspecified atom stereocenters. The number of benzene rings is 1. The van der Waals surface area contributed by atoms with E-state index in [0.29, 0.717) is 17.4 Å². The van der Waals surface area contributed by atoms with Crippen LogP contribution in [0.1, 0.15) is 52.4 Å². The minimum absolute atomic E-state index is 0.140. The van der Waals surface area contributed by atoms with Gasteiger partial charge in [0.2, 0.25) is 5.91 Å². The maximum atomic E-state index is 13.1. The first-order valence-electron chi connectivity index (χ1n) is 8.57. The average Bonchev–Trinajstić information content (AvgIpc) is 2.81. The molecule has 0 aliphatic heterocycles. The van der Waals surface area contributed by atoms with Gasteiger partial charge in [0.15, 0.2) is 11.5 Å². The molecule has 23 heavy (non-hydrogen) atoms. The number of amides is 1. The number of rotatable bonds is 5. The third kappa shape index (κ3) is 3.80. The summed E-state index contributed by atoms with van der Waals surface area (Å²) in [6, 6.07) is 5.51. The van der Waals surface area contributed by atoms with E-state index in [1.807, 2.05) is 18.2 Å². The molecule has 4 heteroatoms. The Morgan fingerprint density at radius 1 is 1.04 bits per heavy atom. The molecule has 0 spiro atoms. The van der Waals surface area contributed by atoms with Gasteiger partial charge in [-0.05, 0) is 30.9 Å². The van der Waals surface area contributed by atoms with Gasteiger partial charge in [-0.15, -0.1) is 0 Å². The molecule has 1 fully saturated rings. The molecule has 4 nitrogen and oxygen atoms in total. The first kappa shape index (κ1) is 17.6. The summed E-state index contributed by atoms with van der Waals surface area (Å²) in [6.45, 7) is 4.33. The number of hydrogen-bond donors (Lipinski definition) is 1. The molecule has 1 aliphatic carbocycles. The Balaban J connectivity index is 2.21. The van der Waals surface area contributed by atoms with E-state index in [9.17, 15) is 4.79 Å². The third-order valence-corrected chi connectivity index (χ3v) is 5.19. The van der Waals surface area contributed by atoms with Gasteiger partial charge in [0, 0.05) is 11.8 Å². The maximum absolute atomic E-state index is 13.1. The van der Waals surface area contributed by atoms with Gasteiger partial charge in [-0.25, -0.2) is 0 Å². The summed E-state index contributed by atoms with van der Waals surface area (Å²) < 4.78 is 10.6. The molecule has 0 saturated heterocycles. The highest BCUT2D eigenvalue weighted by atomic mass is 16.5. The number of carbonyl (C=O) groups excluding carboxylic acids is 1. The van der Waals surface area contributed by atoms with Crippen LogP contribution in [0.2, 0.25) is 0 Å². The molecule has 0 aromatic heterocycles. The van der Waals surface area contributed by atoms with E-state index in [1.54, 1.807) is 14.2 Å². The molecule has 1 aromatic rings. The Kier molecular flexibility index (Phi) is 5.91. The summed E-state index contributed by atoms with van der Waals surface area (Å²) in [5.74, 6) is 1.77. The Hall–Kier alpha value is -1.71. The Bertz CT molecular complexity index is 531. The number of hydrogen-bond acceptors (Lipinski definition) is 3. The molecule has 1 aliphatic rings. The second-order valence-corrected chi connectivity index (χ2v) is 6.75. The zero-order chi connectivity index (χ0) is 16.9. The molecule has 128 valence electrons. The third-order valence-electron chi connectivity index (χ3n) is 5.19. The van der Waals surface area contributed by atoms with Crippen LogP contribution in [0.3, 0.4) is 0 Å². The molecule has 1 N–H and O–H groups in total. The topological polar surface area (TPSA) is 47.6 Å². The van der Waals surface area contributed by atoms with Crippen molar-refractivity contribution in [1.29, 1.82) is 0 Å². The lowest BCUT2D eigenvalue weighted by Crippen LogP contribution is -2.40. The number of anilines is 1. The lowest BCUT2D eigenvalue weighted by Gasteiger charge is -2.35. The number of ether oxygens (including phenoxy) is 2. The molecule has 0 atom stereocenters. The predicted molar refractivity (Wildman–Crippen MR) is 93.1 cm³/mol. The lowest BCUT2D eigenvalue weighted by atomic mass is 9.70. The zero-order valence-corrected chi connectivity index (χ0v) is 14.8. The minimum atomic E-state index is -0.260. The zero-order valence-electron chi connectivity index (χ0n) is 14.8. The standard InChI is InChI=1S/C19H29NO3/c1-14(2)19(11-7-5-6-8-12-19)18(21)20-15-9-10-16(22-3)17(13-15)23-4/h9-10,13-14H,5-8,11-12H2,1-4H3,(H,20,21). The lowest BCUT2D eigenvalue weighted by molar-refractivity contribution is -0.129. The highest BCUT2D eigenvalue weighted by Gasteiger charge is 2.41. The largest absolute Gasteiger partial charge is 0.493 e. The Labute approximate surface area is 139 Å². The van der Waals surface area contributed by atoms with Crippen LogP contribution in [0.5, 0.6) is 11.5 Å². The van der Waals surface area contributed by atoms with Crippen molar-refractivity contribution in [2.24, 2.45) is 11.3 Å². The molecule has 2 rings (SSSR count). The summed E-state index contributed by atoms with van der Waals surface area (Å²) in [5.41, 5.74) is 0.501. The van der Waals surface area contributed by atoms with E-state index in [0.717, 1.165) is 31.4 Å². The van der Waals surface area contributed by atoms with Gasteiger partial charge in [0.05, 0.1) is 19.6 Å². The second-order valence-electron chi connectivity index (χ2n) is 6.75. The summed E-state index contributed by atoms with van der Waals surface area (Å²) >= 11 is 0. The van der Waals surface area contributed by atoms with Crippen molar-refractivity contribution in [2.75, 3.05) is 19.5 Å². The number of methoxy groups -OCH3 is 2. The summed E-state index contributed by atoms with van der Waals surface area (Å²) in [6.07, 6.45) is 6.69. The molecular formula is C19H29NO3. The van der Waals surface area contributed by atoms with Crippen LogP contribution >= 0.6 is 0 Å². The van der Waals surface area contributed by atoms with Crippen LogP contribution in [-0.2, 0) is 4.79 Å². The van der Waals surface area contributed by atoms with Crippen molar-refractivity contribution in [1.82, 2.24) is 0 Å². The van der Waals surface area contributed by atoms with Crippen molar-refractivity contribution in [2.45, 2.75) is 52.4 Å². The van der Waals surface area contributed by atoms with E-state index in [-0.39, 0.29) is 11.3 Å². The monoisotopic (exact) mass is 319 g/mol. The van der Waals surface area contributed by atoms with Crippen LogP contribution in [-0.4, -0.2) is 20.1 Å². The van der Waals surface area contributed by atoms with Crippen LogP contribution in [0.15, 0.2) is 18.2 Å². The first-order valence-corrected chi connectivity index (χ1v) is 8.57. The second kappa shape index (κ2) is 7.71. The fourth-order valence-corrected chi connectivity index (χ4v) is 3.60. The first-order chi connectivity index (χ1) is 11.0. The quantitative estimate of drug-likeness (QED) is 0.804. The van der Waals surface area contributed by atoms with Crippen LogP contribution in [0.25, 0.3) is 0 Å². The van der Waals surface area contributed by atoms with E-state index in [2.05, 4.69) is 19.2 Å². The molecule has 0 radical (unpaired) electrons. The van der Waals surface area contributed by atoms with Crippen LogP contribution in [0, 0.1) is 11.3 Å².